The zero-order valence-corrected chi connectivity index (χ0v) is 22.8. The number of ether oxygens (including phenoxy) is 2. The van der Waals surface area contributed by atoms with E-state index in [1.807, 2.05) is 0 Å². The molecule has 0 heterocycles. The molecule has 4 heteroatoms. The van der Waals surface area contributed by atoms with E-state index in [0.717, 1.165) is 25.7 Å². The molecule has 0 aromatic carbocycles. The second kappa shape index (κ2) is 27.9. The molecule has 0 aromatic rings. The first-order chi connectivity index (χ1) is 16.7. The summed E-state index contributed by atoms with van der Waals surface area (Å²) >= 11 is 0. The minimum Gasteiger partial charge on any atom is -0.463 e. The molecule has 0 aliphatic carbocycles. The standard InChI is InChI=1S/C30H56O4/c1-3-5-7-9-11-12-13-14-15-16-17-18-19-20-22-24-28-34-30(32)26-25-29(31)33-27-23-21-10-8-6-4-2/h25-26H,3-24,27-28H2,1-2H3/b26-25+. The number of unbranched alkanes of at least 4 members (excludes halogenated alkanes) is 20. The molecule has 4 nitrogen and oxygen atoms in total. The van der Waals surface area contributed by atoms with Gasteiger partial charge in [0.25, 0.3) is 0 Å². The SMILES string of the molecule is CCCCCCCCCCCCCCCCCCOC(=O)/C=C/C(=O)OCCCCCCCC. The van der Waals surface area contributed by atoms with Crippen molar-refractivity contribution in [1.82, 2.24) is 0 Å². The van der Waals surface area contributed by atoms with Crippen molar-refractivity contribution in [3.8, 4) is 0 Å². The van der Waals surface area contributed by atoms with Crippen LogP contribution in [0.5, 0.6) is 0 Å². The molecular formula is C30H56O4. The molecule has 0 amide bonds. The van der Waals surface area contributed by atoms with Crippen LogP contribution >= 0.6 is 0 Å². The fourth-order valence-corrected chi connectivity index (χ4v) is 4.11. The molecule has 0 saturated carbocycles. The van der Waals surface area contributed by atoms with E-state index in [1.165, 1.54) is 128 Å². The number of rotatable bonds is 26. The fourth-order valence-electron chi connectivity index (χ4n) is 4.11. The summed E-state index contributed by atoms with van der Waals surface area (Å²) in [7, 11) is 0. The largest absolute Gasteiger partial charge is 0.463 e. The van der Waals surface area contributed by atoms with Crippen LogP contribution in [0.2, 0.25) is 0 Å². The van der Waals surface area contributed by atoms with E-state index in [1.54, 1.807) is 0 Å². The van der Waals surface area contributed by atoms with Gasteiger partial charge in [0, 0.05) is 12.2 Å². The highest BCUT2D eigenvalue weighted by Gasteiger charge is 2.01. The van der Waals surface area contributed by atoms with Crippen LogP contribution in [0.25, 0.3) is 0 Å². The Morgan fingerprint density at radius 1 is 0.412 bits per heavy atom. The third-order valence-electron chi connectivity index (χ3n) is 6.34. The molecule has 0 aromatic heterocycles. The van der Waals surface area contributed by atoms with Gasteiger partial charge in [0.15, 0.2) is 0 Å². The summed E-state index contributed by atoms with van der Waals surface area (Å²) in [6, 6.07) is 0. The average Bonchev–Trinajstić information content (AvgIpc) is 2.84. The molecule has 0 saturated heterocycles. The second-order valence-corrected chi connectivity index (χ2v) is 9.74. The lowest BCUT2D eigenvalue weighted by Gasteiger charge is -2.04. The van der Waals surface area contributed by atoms with Gasteiger partial charge < -0.3 is 9.47 Å². The van der Waals surface area contributed by atoms with Gasteiger partial charge >= 0.3 is 11.9 Å². The Bertz CT molecular complexity index is 472. The Kier molecular flexibility index (Phi) is 26.8. The zero-order chi connectivity index (χ0) is 25.0. The van der Waals surface area contributed by atoms with Gasteiger partial charge in [-0.15, -0.1) is 0 Å². The van der Waals surface area contributed by atoms with E-state index >= 15 is 0 Å². The molecular weight excluding hydrogens is 424 g/mol. The van der Waals surface area contributed by atoms with Crippen molar-refractivity contribution in [2.75, 3.05) is 13.2 Å². The van der Waals surface area contributed by atoms with Crippen molar-refractivity contribution in [3.05, 3.63) is 12.2 Å². The summed E-state index contributed by atoms with van der Waals surface area (Å²) in [5.41, 5.74) is 0. The lowest BCUT2D eigenvalue weighted by atomic mass is 10.0. The molecule has 200 valence electrons. The Labute approximate surface area is 211 Å². The lowest BCUT2D eigenvalue weighted by Crippen LogP contribution is -2.06. The first kappa shape index (κ1) is 32.7. The quantitative estimate of drug-likeness (QED) is 0.0703. The highest BCUT2D eigenvalue weighted by atomic mass is 16.5. The normalized spacial score (nSPS) is 11.2. The highest BCUT2D eigenvalue weighted by molar-refractivity contribution is 5.91. The van der Waals surface area contributed by atoms with Crippen molar-refractivity contribution in [2.45, 2.75) is 155 Å². The number of hydrogen-bond acceptors (Lipinski definition) is 4. The van der Waals surface area contributed by atoms with Gasteiger partial charge in [-0.3, -0.25) is 0 Å². The third-order valence-corrected chi connectivity index (χ3v) is 6.34. The van der Waals surface area contributed by atoms with Gasteiger partial charge in [0.05, 0.1) is 13.2 Å². The van der Waals surface area contributed by atoms with Crippen LogP contribution in [0.4, 0.5) is 0 Å². The number of hydrogen-bond donors (Lipinski definition) is 0. The van der Waals surface area contributed by atoms with E-state index in [9.17, 15) is 9.59 Å². The monoisotopic (exact) mass is 480 g/mol. The van der Waals surface area contributed by atoms with Crippen molar-refractivity contribution in [2.24, 2.45) is 0 Å². The molecule has 0 N–H and O–H groups in total. The zero-order valence-electron chi connectivity index (χ0n) is 22.8. The molecule has 0 rings (SSSR count). The van der Waals surface area contributed by atoms with Gasteiger partial charge in [0.1, 0.15) is 0 Å². The molecule has 0 aliphatic rings. The van der Waals surface area contributed by atoms with E-state index in [0.29, 0.717) is 13.2 Å². The van der Waals surface area contributed by atoms with Gasteiger partial charge in [-0.2, -0.15) is 0 Å². The molecule has 0 aliphatic heterocycles. The number of carbonyl (C=O) groups excluding carboxylic acids is 2. The van der Waals surface area contributed by atoms with Crippen LogP contribution in [0.1, 0.15) is 155 Å². The topological polar surface area (TPSA) is 52.6 Å². The summed E-state index contributed by atoms with van der Waals surface area (Å²) in [6.07, 6.45) is 30.4. The minimum atomic E-state index is -0.465. The second-order valence-electron chi connectivity index (χ2n) is 9.74. The Morgan fingerprint density at radius 2 is 0.647 bits per heavy atom. The van der Waals surface area contributed by atoms with E-state index in [-0.39, 0.29) is 0 Å². The van der Waals surface area contributed by atoms with E-state index in [2.05, 4.69) is 13.8 Å². The maximum Gasteiger partial charge on any atom is 0.331 e. The Hall–Kier alpha value is -1.32. The Morgan fingerprint density at radius 3 is 0.912 bits per heavy atom. The Balaban J connectivity index is 3.33. The van der Waals surface area contributed by atoms with Gasteiger partial charge in [-0.25, -0.2) is 9.59 Å². The van der Waals surface area contributed by atoms with E-state index < -0.39 is 11.9 Å². The summed E-state index contributed by atoms with van der Waals surface area (Å²) in [5, 5.41) is 0. The molecule has 34 heavy (non-hydrogen) atoms. The van der Waals surface area contributed by atoms with Crippen molar-refractivity contribution in [3.63, 3.8) is 0 Å². The predicted octanol–water partition coefficient (Wildman–Crippen LogP) is 9.25. The van der Waals surface area contributed by atoms with Gasteiger partial charge in [-0.1, -0.05) is 142 Å². The van der Waals surface area contributed by atoms with Crippen LogP contribution in [0.3, 0.4) is 0 Å². The van der Waals surface area contributed by atoms with Crippen LogP contribution in [-0.2, 0) is 19.1 Å². The molecule has 0 bridgehead atoms. The van der Waals surface area contributed by atoms with Crippen molar-refractivity contribution < 1.29 is 19.1 Å². The molecule has 0 radical (unpaired) electrons. The lowest BCUT2D eigenvalue weighted by molar-refractivity contribution is -0.140. The number of carbonyl (C=O) groups is 2. The summed E-state index contributed by atoms with van der Waals surface area (Å²) in [5.74, 6) is -0.926. The highest BCUT2D eigenvalue weighted by Crippen LogP contribution is 2.13. The predicted molar refractivity (Wildman–Crippen MR) is 144 cm³/mol. The fraction of sp³-hybridized carbons (Fsp3) is 0.867. The molecule has 0 atom stereocenters. The summed E-state index contributed by atoms with van der Waals surface area (Å²) in [4.78, 5) is 23.3. The maximum absolute atomic E-state index is 11.7. The van der Waals surface area contributed by atoms with E-state index in [4.69, 9.17) is 9.47 Å². The van der Waals surface area contributed by atoms with Crippen molar-refractivity contribution in [1.29, 1.82) is 0 Å². The van der Waals surface area contributed by atoms with Gasteiger partial charge in [0.2, 0.25) is 0 Å². The van der Waals surface area contributed by atoms with Gasteiger partial charge in [-0.05, 0) is 12.8 Å². The first-order valence-corrected chi connectivity index (χ1v) is 14.7. The molecule has 0 fully saturated rings. The van der Waals surface area contributed by atoms with Crippen LogP contribution in [0.15, 0.2) is 12.2 Å². The average molecular weight is 481 g/mol. The summed E-state index contributed by atoms with van der Waals surface area (Å²) < 4.78 is 10.3. The van der Waals surface area contributed by atoms with Crippen LogP contribution in [0, 0.1) is 0 Å². The van der Waals surface area contributed by atoms with Crippen molar-refractivity contribution >= 4 is 11.9 Å². The minimum absolute atomic E-state index is 0.420. The first-order valence-electron chi connectivity index (χ1n) is 14.7. The van der Waals surface area contributed by atoms with Crippen LogP contribution < -0.4 is 0 Å². The summed E-state index contributed by atoms with van der Waals surface area (Å²) in [6.45, 7) is 5.31. The smallest absolute Gasteiger partial charge is 0.331 e. The number of esters is 2. The molecule has 0 spiro atoms. The third kappa shape index (κ3) is 26.9. The maximum atomic E-state index is 11.7. The van der Waals surface area contributed by atoms with Crippen LogP contribution in [-0.4, -0.2) is 25.2 Å². The molecule has 0 unspecified atom stereocenters.